The van der Waals surface area contributed by atoms with Crippen LogP contribution < -0.4 is 15.2 Å². The van der Waals surface area contributed by atoms with E-state index in [1.54, 1.807) is 6.07 Å². The predicted molar refractivity (Wildman–Crippen MR) is 86.4 cm³/mol. The van der Waals surface area contributed by atoms with Crippen molar-refractivity contribution in [3.8, 4) is 11.8 Å². The summed E-state index contributed by atoms with van der Waals surface area (Å²) in [4.78, 5) is 8.49. The Balaban J connectivity index is 2.47. The molecule has 1 aromatic carbocycles. The molecule has 1 atom stereocenters. The van der Waals surface area contributed by atoms with E-state index < -0.39 is 5.38 Å². The molecule has 0 aliphatic carbocycles. The molecule has 1 unspecified atom stereocenters. The molecule has 2 rings (SSSR count). The molecule has 1 heterocycles. The lowest BCUT2D eigenvalue weighted by Crippen LogP contribution is -2.06. The fraction of sp³-hybridized carbons (Fsp3) is 0.231. The molecule has 0 aliphatic rings. The zero-order valence-electron chi connectivity index (χ0n) is 10.9. The van der Waals surface area contributed by atoms with Crippen LogP contribution in [0.1, 0.15) is 16.8 Å². The number of nitrogens with two attached hydrogens (primary N) is 1. The average Bonchev–Trinajstić information content (AvgIpc) is 2.48. The lowest BCUT2D eigenvalue weighted by Gasteiger charge is -2.14. The van der Waals surface area contributed by atoms with Gasteiger partial charge in [0.15, 0.2) is 5.82 Å². The number of nitrogens with zero attached hydrogens (tertiary/aromatic N) is 2. The summed E-state index contributed by atoms with van der Waals surface area (Å²) in [5.41, 5.74) is 7.43. The zero-order valence-corrected chi connectivity index (χ0v) is 13.8. The van der Waals surface area contributed by atoms with Gasteiger partial charge in [0.05, 0.1) is 26.0 Å². The summed E-state index contributed by atoms with van der Waals surface area (Å²) in [6, 6.07) is 7.24. The Kier molecular flexibility index (Phi) is 4.87. The predicted octanol–water partition coefficient (Wildman–Crippen LogP) is 3.01. The van der Waals surface area contributed by atoms with Crippen LogP contribution in [-0.2, 0) is 0 Å². The molecule has 0 saturated heterocycles. The number of hydrogen-bond donors (Lipinski definition) is 1. The monoisotopic (exact) mass is 405 g/mol. The number of hydrogen-bond acceptors (Lipinski definition) is 5. The van der Waals surface area contributed by atoms with Gasteiger partial charge in [0.25, 0.3) is 0 Å². The zero-order chi connectivity index (χ0) is 14.7. The van der Waals surface area contributed by atoms with Gasteiger partial charge >= 0.3 is 0 Å². The van der Waals surface area contributed by atoms with Gasteiger partial charge in [-0.15, -0.1) is 11.6 Å². The number of methoxy groups -OCH3 is 2. The van der Waals surface area contributed by atoms with Crippen molar-refractivity contribution in [3.05, 3.63) is 39.2 Å². The Morgan fingerprint density at radius 2 is 1.80 bits per heavy atom. The third-order valence-corrected chi connectivity index (χ3v) is 4.07. The number of alkyl halides is 1. The van der Waals surface area contributed by atoms with E-state index in [9.17, 15) is 0 Å². The van der Waals surface area contributed by atoms with Gasteiger partial charge in [-0.05, 0) is 28.7 Å². The van der Waals surface area contributed by atoms with E-state index in [0.29, 0.717) is 23.3 Å². The maximum atomic E-state index is 6.45. The van der Waals surface area contributed by atoms with Crippen LogP contribution in [0.4, 0.5) is 5.69 Å². The SMILES string of the molecule is COc1cc(OC)nc(C(Cl)c2cccc(I)c2N)n1. The Labute approximate surface area is 135 Å². The molecule has 20 heavy (non-hydrogen) atoms. The first kappa shape index (κ1) is 15.1. The number of anilines is 1. The number of para-hydroxylation sites is 1. The topological polar surface area (TPSA) is 70.3 Å². The highest BCUT2D eigenvalue weighted by Crippen LogP contribution is 2.34. The van der Waals surface area contributed by atoms with Gasteiger partial charge in [0.2, 0.25) is 11.8 Å². The van der Waals surface area contributed by atoms with Crippen LogP contribution in [0.15, 0.2) is 24.3 Å². The maximum absolute atomic E-state index is 6.45. The Bertz CT molecular complexity index is 602. The van der Waals surface area contributed by atoms with Crippen molar-refractivity contribution in [1.82, 2.24) is 9.97 Å². The van der Waals surface area contributed by atoms with Gasteiger partial charge in [0.1, 0.15) is 5.38 Å². The Hall–Kier alpha value is -1.28. The maximum Gasteiger partial charge on any atom is 0.220 e. The van der Waals surface area contributed by atoms with Gasteiger partial charge in [-0.2, -0.15) is 9.97 Å². The second-order valence-electron chi connectivity index (χ2n) is 3.92. The van der Waals surface area contributed by atoms with E-state index in [2.05, 4.69) is 32.6 Å². The second kappa shape index (κ2) is 6.45. The summed E-state index contributed by atoms with van der Waals surface area (Å²) in [5, 5.41) is -0.575. The highest BCUT2D eigenvalue weighted by atomic mass is 127. The molecule has 1 aromatic heterocycles. The molecule has 7 heteroatoms. The molecule has 0 bridgehead atoms. The third-order valence-electron chi connectivity index (χ3n) is 2.70. The lowest BCUT2D eigenvalue weighted by atomic mass is 10.1. The van der Waals surface area contributed by atoms with Crippen LogP contribution >= 0.6 is 34.2 Å². The first-order valence-electron chi connectivity index (χ1n) is 5.71. The molecule has 2 N–H and O–H groups in total. The molecular formula is C13H13ClIN3O2. The molecular weight excluding hydrogens is 393 g/mol. The van der Waals surface area contributed by atoms with E-state index in [0.717, 1.165) is 9.13 Å². The minimum atomic E-state index is -0.575. The molecule has 0 amide bonds. The van der Waals surface area contributed by atoms with Crippen LogP contribution in [0, 0.1) is 3.57 Å². The van der Waals surface area contributed by atoms with Crippen LogP contribution in [0.3, 0.4) is 0 Å². The van der Waals surface area contributed by atoms with Gasteiger partial charge in [0, 0.05) is 9.13 Å². The van der Waals surface area contributed by atoms with Gasteiger partial charge in [-0.3, -0.25) is 0 Å². The van der Waals surface area contributed by atoms with Crippen molar-refractivity contribution in [3.63, 3.8) is 0 Å². The average molecular weight is 406 g/mol. The molecule has 0 spiro atoms. The minimum Gasteiger partial charge on any atom is -0.481 e. The third kappa shape index (κ3) is 3.06. The van der Waals surface area contributed by atoms with Crippen molar-refractivity contribution in [2.45, 2.75) is 5.38 Å². The van der Waals surface area contributed by atoms with Gasteiger partial charge in [-0.25, -0.2) is 0 Å². The number of ether oxygens (including phenoxy) is 2. The van der Waals surface area contributed by atoms with E-state index in [1.807, 2.05) is 18.2 Å². The van der Waals surface area contributed by atoms with Gasteiger partial charge in [-0.1, -0.05) is 12.1 Å². The van der Waals surface area contributed by atoms with Crippen molar-refractivity contribution in [2.24, 2.45) is 0 Å². The van der Waals surface area contributed by atoms with Crippen LogP contribution in [0.2, 0.25) is 0 Å². The quantitative estimate of drug-likeness (QED) is 0.481. The molecule has 0 saturated carbocycles. The smallest absolute Gasteiger partial charge is 0.220 e. The second-order valence-corrected chi connectivity index (χ2v) is 5.51. The molecule has 2 aromatic rings. The number of rotatable bonds is 4. The fourth-order valence-corrected chi connectivity index (χ4v) is 2.46. The summed E-state index contributed by atoms with van der Waals surface area (Å²) in [7, 11) is 3.04. The van der Waals surface area contributed by atoms with Crippen molar-refractivity contribution in [1.29, 1.82) is 0 Å². The van der Waals surface area contributed by atoms with Crippen LogP contribution in [-0.4, -0.2) is 24.2 Å². The summed E-state index contributed by atoms with van der Waals surface area (Å²) in [6.07, 6.45) is 0. The lowest BCUT2D eigenvalue weighted by molar-refractivity contribution is 0.368. The first-order valence-corrected chi connectivity index (χ1v) is 7.23. The van der Waals surface area contributed by atoms with Gasteiger partial charge < -0.3 is 15.2 Å². The normalized spacial score (nSPS) is 12.0. The van der Waals surface area contributed by atoms with Crippen molar-refractivity contribution < 1.29 is 9.47 Å². The van der Waals surface area contributed by atoms with E-state index in [1.165, 1.54) is 14.2 Å². The number of benzene rings is 1. The molecule has 0 fully saturated rings. The summed E-state index contributed by atoms with van der Waals surface area (Å²) in [5.74, 6) is 1.17. The molecule has 106 valence electrons. The van der Waals surface area contributed by atoms with Crippen LogP contribution in [0.5, 0.6) is 11.8 Å². The Morgan fingerprint density at radius 3 is 2.35 bits per heavy atom. The summed E-state index contributed by atoms with van der Waals surface area (Å²) >= 11 is 8.60. The first-order chi connectivity index (χ1) is 9.56. The van der Waals surface area contributed by atoms with E-state index in [4.69, 9.17) is 26.8 Å². The summed E-state index contributed by atoms with van der Waals surface area (Å²) < 4.78 is 11.2. The highest BCUT2D eigenvalue weighted by Gasteiger charge is 2.20. The van der Waals surface area contributed by atoms with E-state index >= 15 is 0 Å². The number of halogens is 2. The fourth-order valence-electron chi connectivity index (χ4n) is 1.66. The van der Waals surface area contributed by atoms with Crippen molar-refractivity contribution >= 4 is 39.9 Å². The van der Waals surface area contributed by atoms with Crippen LogP contribution in [0.25, 0.3) is 0 Å². The largest absolute Gasteiger partial charge is 0.481 e. The van der Waals surface area contributed by atoms with E-state index in [-0.39, 0.29) is 0 Å². The number of aromatic nitrogens is 2. The molecule has 0 aliphatic heterocycles. The Morgan fingerprint density at radius 1 is 1.20 bits per heavy atom. The molecule has 0 radical (unpaired) electrons. The minimum absolute atomic E-state index is 0.386. The standard InChI is InChI=1S/C13H13ClIN3O2/c1-19-9-6-10(20-2)18-13(17-9)11(14)7-4-3-5-8(15)12(7)16/h3-6,11H,16H2,1-2H3. The number of nitrogen functional groups attached to an aromatic ring is 1. The molecule has 5 nitrogen and oxygen atoms in total. The highest BCUT2D eigenvalue weighted by molar-refractivity contribution is 14.1. The summed E-state index contributed by atoms with van der Waals surface area (Å²) in [6.45, 7) is 0. The van der Waals surface area contributed by atoms with Crippen molar-refractivity contribution in [2.75, 3.05) is 20.0 Å².